The Kier molecular flexibility index (Phi) is 7.77. The van der Waals surface area contributed by atoms with Gasteiger partial charge in [0.2, 0.25) is 0 Å². The number of allylic oxidation sites excluding steroid dienone is 3. The summed E-state index contributed by atoms with van der Waals surface area (Å²) in [6.45, 7) is 17.4. The third-order valence-corrected chi connectivity index (χ3v) is 13.9. The van der Waals surface area contributed by atoms with Crippen LogP contribution in [0.25, 0.3) is 0 Å². The summed E-state index contributed by atoms with van der Waals surface area (Å²) in [5.41, 5.74) is -5.84. The van der Waals surface area contributed by atoms with Gasteiger partial charge in [0.1, 0.15) is 18.0 Å². The van der Waals surface area contributed by atoms with Gasteiger partial charge in [-0.15, -0.1) is 0 Å². The molecule has 9 heteroatoms. The number of methoxy groups -OCH3 is 3. The summed E-state index contributed by atoms with van der Waals surface area (Å²) < 4.78 is 30.4. The lowest BCUT2D eigenvalue weighted by molar-refractivity contribution is -0.227. The molecule has 49 heavy (non-hydrogen) atoms. The number of carbonyl (C=O) groups excluding carboxylic acids is 4. The number of rotatable bonds is 6. The molecule has 1 aromatic rings. The largest absolute Gasteiger partial charge is 0.500 e. The van der Waals surface area contributed by atoms with Crippen LogP contribution in [0.2, 0.25) is 0 Å². The molecule has 9 nitrogen and oxygen atoms in total. The minimum atomic E-state index is -1.67. The number of hydrogen-bond donors (Lipinski definition) is 0. The number of fused-ring (bicyclic) bond motifs is 3. The highest BCUT2D eigenvalue weighted by Gasteiger charge is 2.85. The van der Waals surface area contributed by atoms with E-state index in [0.717, 1.165) is 5.57 Å². The highest BCUT2D eigenvalue weighted by atomic mass is 16.6. The second-order valence-corrected chi connectivity index (χ2v) is 17.0. The molecule has 2 saturated carbocycles. The fourth-order valence-electron chi connectivity index (χ4n) is 12.0. The van der Waals surface area contributed by atoms with Gasteiger partial charge in [-0.2, -0.15) is 0 Å². The van der Waals surface area contributed by atoms with E-state index in [2.05, 4.69) is 6.08 Å². The zero-order valence-corrected chi connectivity index (χ0v) is 31.1. The predicted octanol–water partition coefficient (Wildman–Crippen LogP) is 6.49. The fourth-order valence-corrected chi connectivity index (χ4v) is 12.0. The van der Waals surface area contributed by atoms with Crippen LogP contribution < -0.4 is 0 Å². The van der Waals surface area contributed by atoms with Gasteiger partial charge in [-0.3, -0.25) is 14.4 Å². The van der Waals surface area contributed by atoms with Crippen molar-refractivity contribution in [2.75, 3.05) is 21.3 Å². The lowest BCUT2D eigenvalue weighted by Gasteiger charge is -2.66. The number of Topliss-reactive ketones (excluding diaryl/α,β-unsaturated/α-hetero) is 1. The van der Waals surface area contributed by atoms with Gasteiger partial charge in [-0.05, 0) is 45.6 Å². The van der Waals surface area contributed by atoms with Crippen LogP contribution in [0, 0.1) is 44.3 Å². The smallest absolute Gasteiger partial charge is 0.343 e. The van der Waals surface area contributed by atoms with E-state index in [1.165, 1.54) is 21.3 Å². The topological polar surface area (TPSA) is 114 Å². The van der Waals surface area contributed by atoms with Crippen molar-refractivity contribution in [3.05, 3.63) is 58.9 Å². The normalized spacial score (nSPS) is 38.7. The molecule has 0 aromatic heterocycles. The van der Waals surface area contributed by atoms with E-state index < -0.39 is 68.2 Å². The van der Waals surface area contributed by atoms with Crippen LogP contribution >= 0.6 is 0 Å². The Bertz CT molecular complexity index is 1680. The number of hydrogen-bond acceptors (Lipinski definition) is 9. The average molecular weight is 677 g/mol. The quantitative estimate of drug-likeness (QED) is 0.144. The number of esters is 3. The summed E-state index contributed by atoms with van der Waals surface area (Å²) in [6.07, 6.45) is 1.89. The Morgan fingerprint density at radius 3 is 2.14 bits per heavy atom. The van der Waals surface area contributed by atoms with Crippen LogP contribution in [0.15, 0.2) is 53.3 Å². The summed E-state index contributed by atoms with van der Waals surface area (Å²) in [5, 5.41) is 0. The van der Waals surface area contributed by atoms with Crippen molar-refractivity contribution in [2.24, 2.45) is 44.3 Å². The van der Waals surface area contributed by atoms with Gasteiger partial charge >= 0.3 is 17.9 Å². The average Bonchev–Trinajstić information content (AvgIpc) is 3.38. The van der Waals surface area contributed by atoms with Crippen molar-refractivity contribution in [3.8, 4) is 0 Å². The first-order chi connectivity index (χ1) is 22.8. The Hall–Kier alpha value is -3.46. The molecule has 3 fully saturated rings. The van der Waals surface area contributed by atoms with Gasteiger partial charge in [0.25, 0.3) is 0 Å². The van der Waals surface area contributed by atoms with Crippen molar-refractivity contribution in [1.82, 2.24) is 0 Å². The van der Waals surface area contributed by atoms with Gasteiger partial charge in [-0.25, -0.2) is 4.79 Å². The lowest BCUT2D eigenvalue weighted by Crippen LogP contribution is -2.71. The molecule has 1 heterocycles. The molecule has 2 bridgehead atoms. The predicted molar refractivity (Wildman–Crippen MR) is 181 cm³/mol. The molecule has 9 atom stereocenters. The third-order valence-electron chi connectivity index (χ3n) is 13.9. The van der Waals surface area contributed by atoms with Gasteiger partial charge in [0, 0.05) is 40.8 Å². The second-order valence-electron chi connectivity index (χ2n) is 17.0. The van der Waals surface area contributed by atoms with Crippen LogP contribution in [-0.4, -0.2) is 57.2 Å². The molecule has 0 amide bonds. The van der Waals surface area contributed by atoms with Crippen LogP contribution in [0.5, 0.6) is 0 Å². The number of benzene rings is 1. The zero-order valence-electron chi connectivity index (χ0n) is 31.1. The first-order valence-electron chi connectivity index (χ1n) is 17.4. The van der Waals surface area contributed by atoms with Crippen LogP contribution in [0.3, 0.4) is 0 Å². The van der Waals surface area contributed by atoms with Crippen molar-refractivity contribution in [1.29, 1.82) is 0 Å². The van der Waals surface area contributed by atoms with Crippen LogP contribution in [0.1, 0.15) is 87.1 Å². The Balaban J connectivity index is 1.47. The van der Waals surface area contributed by atoms with Crippen molar-refractivity contribution in [2.45, 2.75) is 99.4 Å². The van der Waals surface area contributed by atoms with E-state index in [4.69, 9.17) is 23.7 Å². The van der Waals surface area contributed by atoms with E-state index >= 15 is 0 Å². The molecule has 1 saturated heterocycles. The van der Waals surface area contributed by atoms with E-state index in [-0.39, 0.29) is 24.1 Å². The standard InChI is InChI=1S/C40H52O9/c1-22-20-26-36(8,39(32(43)46-11)29(41)23(2)30(45-10)37(22,39)9)21-25-28-35(6,7)27(18-19-38(26,28)31(42)48-25)49-33(44)40(47-12,34(3,4)5)24-16-14-13-15-17-24/h13-17,20,25-28H,18-19,21H2,1-12H3/t25-,26+,27+,28+,36-,37-,38+,39+,40+/m0/s1. The second kappa shape index (κ2) is 10.8. The van der Waals surface area contributed by atoms with Gasteiger partial charge in [0.15, 0.2) is 16.8 Å². The lowest BCUT2D eigenvalue weighted by atomic mass is 9.33. The molecule has 0 radical (unpaired) electrons. The molecule has 5 aliphatic rings. The Morgan fingerprint density at radius 2 is 1.59 bits per heavy atom. The summed E-state index contributed by atoms with van der Waals surface area (Å²) in [7, 11) is 4.37. The number of ether oxygens (including phenoxy) is 5. The first-order valence-corrected chi connectivity index (χ1v) is 17.4. The summed E-state index contributed by atoms with van der Waals surface area (Å²) in [4.78, 5) is 57.9. The van der Waals surface area contributed by atoms with Crippen molar-refractivity contribution in [3.63, 3.8) is 0 Å². The third kappa shape index (κ3) is 3.81. The number of carbonyl (C=O) groups is 4. The molecule has 1 aliphatic heterocycles. The molecule has 6 rings (SSSR count). The van der Waals surface area contributed by atoms with Crippen molar-refractivity contribution >= 4 is 23.7 Å². The minimum Gasteiger partial charge on any atom is -0.500 e. The SMILES string of the molecule is COC(=O)[C@@]12C(=O)C(C)=C(OC)[C@]1(C)C(C)=C[C@H]1[C@]34CC[C@@H](OC(=O)[C@](OC)(c5ccccc5)C(C)(C)C)C(C)(C)[C@H]3[C@H](C[C@@]12C)OC4=O. The summed E-state index contributed by atoms with van der Waals surface area (Å²) in [6, 6.07) is 9.41. The molecule has 266 valence electrons. The molecule has 0 unspecified atom stereocenters. The molecule has 0 N–H and O–H groups in total. The zero-order chi connectivity index (χ0) is 36.3. The van der Waals surface area contributed by atoms with Gasteiger partial charge in [0.05, 0.1) is 25.0 Å². The Labute approximate surface area is 290 Å². The van der Waals surface area contributed by atoms with Crippen molar-refractivity contribution < 1.29 is 42.9 Å². The van der Waals surface area contributed by atoms with Gasteiger partial charge in [-0.1, -0.05) is 83.5 Å². The fraction of sp³-hybridized carbons (Fsp3) is 0.650. The van der Waals surface area contributed by atoms with E-state index in [1.54, 1.807) is 6.92 Å². The minimum absolute atomic E-state index is 0.248. The van der Waals surface area contributed by atoms with E-state index in [1.807, 2.05) is 85.7 Å². The number of ketones is 1. The highest BCUT2D eigenvalue weighted by molar-refractivity contribution is 6.17. The van der Waals surface area contributed by atoms with Gasteiger partial charge < -0.3 is 23.7 Å². The molecular weight excluding hydrogens is 624 g/mol. The van der Waals surface area contributed by atoms with E-state index in [9.17, 15) is 19.2 Å². The summed E-state index contributed by atoms with van der Waals surface area (Å²) in [5.74, 6) is -2.23. The highest BCUT2D eigenvalue weighted by Crippen LogP contribution is 2.79. The molecule has 4 aliphatic carbocycles. The maximum absolute atomic E-state index is 14.7. The maximum atomic E-state index is 14.7. The maximum Gasteiger partial charge on any atom is 0.343 e. The molecule has 0 spiro atoms. The molecular formula is C40H52O9. The summed E-state index contributed by atoms with van der Waals surface area (Å²) >= 11 is 0. The monoisotopic (exact) mass is 676 g/mol. The first kappa shape index (κ1) is 35.4. The van der Waals surface area contributed by atoms with Crippen LogP contribution in [-0.2, 0) is 48.5 Å². The van der Waals surface area contributed by atoms with E-state index in [0.29, 0.717) is 29.7 Å². The molecule has 1 aromatic carbocycles. The van der Waals surface area contributed by atoms with Crippen LogP contribution in [0.4, 0.5) is 0 Å². The Morgan fingerprint density at radius 1 is 0.959 bits per heavy atom.